The van der Waals surface area contributed by atoms with Crippen LogP contribution in [0.15, 0.2) is 30.3 Å². The van der Waals surface area contributed by atoms with Crippen LogP contribution in [0.2, 0.25) is 0 Å². The van der Waals surface area contributed by atoms with E-state index in [0.717, 1.165) is 6.26 Å². The molecule has 0 saturated carbocycles. The highest BCUT2D eigenvalue weighted by atomic mass is 32.2. The van der Waals surface area contributed by atoms with Gasteiger partial charge in [-0.1, -0.05) is 18.2 Å². The molecule has 2 rings (SSSR count). The third-order valence-electron chi connectivity index (χ3n) is 3.71. The summed E-state index contributed by atoms with van der Waals surface area (Å²) in [6.45, 7) is -0.579. The number of hydrogen-bond donors (Lipinski definition) is 3. The molecule has 5 atom stereocenters. The fourth-order valence-corrected chi connectivity index (χ4v) is 3.20. The minimum atomic E-state index is -3.96. The zero-order valence-corrected chi connectivity index (χ0v) is 14.5. The summed E-state index contributed by atoms with van der Waals surface area (Å²) in [6, 6.07) is 7.09. The van der Waals surface area contributed by atoms with E-state index < -0.39 is 53.3 Å². The molecule has 1 heterocycles. The summed E-state index contributed by atoms with van der Waals surface area (Å²) in [6.07, 6.45) is -4.31. The number of aliphatic hydroxyl groups excluding tert-OH is 2. The zero-order chi connectivity index (χ0) is 18.6. The minimum absolute atomic E-state index is 0.328. The summed E-state index contributed by atoms with van der Waals surface area (Å²) in [4.78, 5) is 12.4. The van der Waals surface area contributed by atoms with Gasteiger partial charge >= 0.3 is 0 Å². The second kappa shape index (κ2) is 8.21. The number of carbonyl (C=O) groups is 1. The van der Waals surface area contributed by atoms with E-state index in [-0.39, 0.29) is 0 Å². The lowest BCUT2D eigenvalue weighted by molar-refractivity contribution is -0.256. The minimum Gasteiger partial charge on any atom is -0.394 e. The smallest absolute Gasteiger partial charge is 0.264 e. The fourth-order valence-electron chi connectivity index (χ4n) is 2.56. The third kappa shape index (κ3) is 4.97. The molecule has 9 nitrogen and oxygen atoms in total. The van der Waals surface area contributed by atoms with Crippen molar-refractivity contribution in [3.05, 3.63) is 35.9 Å². The van der Waals surface area contributed by atoms with Crippen LogP contribution in [-0.2, 0) is 23.8 Å². The van der Waals surface area contributed by atoms with Crippen molar-refractivity contribution in [2.45, 2.75) is 30.6 Å². The Balaban J connectivity index is 2.29. The number of amides is 1. The van der Waals surface area contributed by atoms with Crippen molar-refractivity contribution in [1.29, 1.82) is 0 Å². The van der Waals surface area contributed by atoms with Crippen LogP contribution in [0.5, 0.6) is 0 Å². The first kappa shape index (κ1) is 19.8. The Morgan fingerprint density at radius 2 is 1.96 bits per heavy atom. The summed E-state index contributed by atoms with van der Waals surface area (Å²) in [5.74, 6) is -0.520. The first-order valence-corrected chi connectivity index (χ1v) is 9.30. The number of hydrogen-bond acceptors (Lipinski definition) is 8. The summed E-state index contributed by atoms with van der Waals surface area (Å²) >= 11 is 0. The molecule has 1 aliphatic heterocycles. The number of aliphatic hydroxyl groups is 2. The number of methoxy groups -OCH3 is 1. The molecular formula is C15H21NO8S. The molecule has 1 aliphatic rings. The van der Waals surface area contributed by atoms with Gasteiger partial charge < -0.3 is 25.0 Å². The number of nitrogens with one attached hydrogen (secondary N) is 1. The predicted octanol–water partition coefficient (Wildman–Crippen LogP) is -1.15. The van der Waals surface area contributed by atoms with Crippen LogP contribution in [-0.4, -0.2) is 75.2 Å². The van der Waals surface area contributed by atoms with Gasteiger partial charge in [0.25, 0.3) is 16.0 Å². The molecule has 0 aliphatic carbocycles. The van der Waals surface area contributed by atoms with Crippen molar-refractivity contribution in [1.82, 2.24) is 5.32 Å². The normalized spacial score (nSPS) is 30.0. The van der Waals surface area contributed by atoms with Crippen molar-refractivity contribution in [3.63, 3.8) is 0 Å². The van der Waals surface area contributed by atoms with E-state index in [9.17, 15) is 23.4 Å². The highest BCUT2D eigenvalue weighted by Crippen LogP contribution is 2.25. The third-order valence-corrected chi connectivity index (χ3v) is 4.28. The first-order valence-electron chi connectivity index (χ1n) is 7.48. The van der Waals surface area contributed by atoms with Crippen molar-refractivity contribution in [2.75, 3.05) is 20.0 Å². The Hall–Kier alpha value is -1.56. The molecule has 0 spiro atoms. The Labute approximate surface area is 145 Å². The van der Waals surface area contributed by atoms with E-state index in [1.165, 1.54) is 7.11 Å². The van der Waals surface area contributed by atoms with E-state index in [1.54, 1.807) is 30.3 Å². The molecule has 0 bridgehead atoms. The number of ether oxygens (including phenoxy) is 2. The standard InChI is InChI=1S/C15H21NO8S/c1-22-15-11(16-14(19)9-6-4-3-5-7-9)13(24-25(2,20)21)12(18)10(8-17)23-15/h3-7,10-13,15,17-18H,8H2,1-2H3,(H,16,19)/t10-,11+,12+,13+,15-/m1/s1. The van der Waals surface area contributed by atoms with Crippen molar-refractivity contribution in [2.24, 2.45) is 0 Å². The summed E-state index contributed by atoms with van der Waals surface area (Å²) in [7, 11) is -2.67. The largest absolute Gasteiger partial charge is 0.394 e. The molecule has 3 N–H and O–H groups in total. The van der Waals surface area contributed by atoms with Gasteiger partial charge in [-0.3, -0.25) is 8.98 Å². The lowest BCUT2D eigenvalue weighted by atomic mass is 9.96. The van der Waals surface area contributed by atoms with Gasteiger partial charge in [0.05, 0.1) is 12.9 Å². The van der Waals surface area contributed by atoms with E-state index in [4.69, 9.17) is 13.7 Å². The average Bonchev–Trinajstić information content (AvgIpc) is 2.58. The van der Waals surface area contributed by atoms with Crippen LogP contribution >= 0.6 is 0 Å². The van der Waals surface area contributed by atoms with Gasteiger partial charge in [0.2, 0.25) is 0 Å². The molecule has 0 aromatic heterocycles. The molecular weight excluding hydrogens is 354 g/mol. The zero-order valence-electron chi connectivity index (χ0n) is 13.7. The highest BCUT2D eigenvalue weighted by Gasteiger charge is 2.48. The van der Waals surface area contributed by atoms with E-state index >= 15 is 0 Å². The van der Waals surface area contributed by atoms with E-state index in [0.29, 0.717) is 5.56 Å². The Morgan fingerprint density at radius 1 is 1.32 bits per heavy atom. The SMILES string of the molecule is CO[C@@H]1O[C@H](CO)[C@H](O)[C@@H](OS(C)(=O)=O)[C@@H]1NC(=O)c1ccccc1. The topological polar surface area (TPSA) is 131 Å². The van der Waals surface area contributed by atoms with Crippen LogP contribution in [0.4, 0.5) is 0 Å². The first-order chi connectivity index (χ1) is 11.8. The molecule has 140 valence electrons. The van der Waals surface area contributed by atoms with Gasteiger partial charge in [0, 0.05) is 12.7 Å². The number of rotatable bonds is 6. The van der Waals surface area contributed by atoms with Gasteiger partial charge in [-0.05, 0) is 12.1 Å². The van der Waals surface area contributed by atoms with Gasteiger partial charge in [-0.2, -0.15) is 8.42 Å². The van der Waals surface area contributed by atoms with Gasteiger partial charge in [-0.25, -0.2) is 0 Å². The maximum Gasteiger partial charge on any atom is 0.264 e. The van der Waals surface area contributed by atoms with Gasteiger partial charge in [0.15, 0.2) is 6.29 Å². The van der Waals surface area contributed by atoms with E-state index in [1.807, 2.05) is 0 Å². The second-order valence-corrected chi connectivity index (χ2v) is 7.18. The maximum absolute atomic E-state index is 12.4. The molecule has 0 unspecified atom stereocenters. The Kier molecular flexibility index (Phi) is 6.49. The molecule has 1 saturated heterocycles. The molecule has 0 radical (unpaired) electrons. The molecule has 1 aromatic rings. The van der Waals surface area contributed by atoms with Gasteiger partial charge in [-0.15, -0.1) is 0 Å². The van der Waals surface area contributed by atoms with Crippen LogP contribution in [0, 0.1) is 0 Å². The summed E-state index contributed by atoms with van der Waals surface area (Å²) < 4.78 is 38.5. The van der Waals surface area contributed by atoms with Gasteiger partial charge in [0.1, 0.15) is 24.4 Å². The summed E-state index contributed by atoms with van der Waals surface area (Å²) in [5.41, 5.74) is 0.328. The monoisotopic (exact) mass is 375 g/mol. The Morgan fingerprint density at radius 3 is 2.48 bits per heavy atom. The number of carbonyl (C=O) groups excluding carboxylic acids is 1. The van der Waals surface area contributed by atoms with E-state index in [2.05, 4.69) is 5.32 Å². The Bertz CT molecular complexity index is 680. The number of benzene rings is 1. The van der Waals surface area contributed by atoms with Crippen molar-refractivity contribution in [3.8, 4) is 0 Å². The van der Waals surface area contributed by atoms with Crippen LogP contribution in [0.1, 0.15) is 10.4 Å². The molecule has 1 amide bonds. The van der Waals surface area contributed by atoms with Crippen LogP contribution in [0.3, 0.4) is 0 Å². The molecule has 10 heteroatoms. The predicted molar refractivity (Wildman–Crippen MR) is 86.2 cm³/mol. The summed E-state index contributed by atoms with van der Waals surface area (Å²) in [5, 5.41) is 22.1. The lowest BCUT2D eigenvalue weighted by Crippen LogP contribution is -2.65. The maximum atomic E-state index is 12.4. The second-order valence-electron chi connectivity index (χ2n) is 5.58. The lowest BCUT2D eigenvalue weighted by Gasteiger charge is -2.43. The van der Waals surface area contributed by atoms with Crippen LogP contribution in [0.25, 0.3) is 0 Å². The fraction of sp³-hybridized carbons (Fsp3) is 0.533. The average molecular weight is 375 g/mol. The molecule has 1 fully saturated rings. The van der Waals surface area contributed by atoms with Crippen molar-refractivity contribution < 1.29 is 37.1 Å². The van der Waals surface area contributed by atoms with Crippen LogP contribution < -0.4 is 5.32 Å². The highest BCUT2D eigenvalue weighted by molar-refractivity contribution is 7.86. The molecule has 25 heavy (non-hydrogen) atoms. The van der Waals surface area contributed by atoms with Crippen molar-refractivity contribution >= 4 is 16.0 Å². The quantitative estimate of drug-likeness (QED) is 0.532. The molecule has 1 aromatic carbocycles.